The molecule has 3 aromatic rings. The number of rotatable bonds is 7. The van der Waals surface area contributed by atoms with Gasteiger partial charge in [0.15, 0.2) is 10.1 Å². The van der Waals surface area contributed by atoms with Gasteiger partial charge in [0.2, 0.25) is 11.0 Å². The maximum absolute atomic E-state index is 13.6. The van der Waals surface area contributed by atoms with Gasteiger partial charge in [0, 0.05) is 29.4 Å². The number of ketones is 1. The van der Waals surface area contributed by atoms with E-state index in [4.69, 9.17) is 10.5 Å². The molecule has 0 fully saturated rings. The molecule has 5 rings (SSSR count). The van der Waals surface area contributed by atoms with Gasteiger partial charge in [-0.25, -0.2) is 0 Å². The third-order valence-corrected chi connectivity index (χ3v) is 8.82. The SMILES string of the molecule is COc1cccc(NC(=O)CSc2nnc(N3C(N)=C(C#N)C(c4ccccc4)C4=C3CC(C)(C)CC4=O)s2)c1. The number of hydrogen-bond donors (Lipinski definition) is 2. The Labute approximate surface area is 240 Å². The summed E-state index contributed by atoms with van der Waals surface area (Å²) in [6, 6.07) is 18.9. The summed E-state index contributed by atoms with van der Waals surface area (Å²) < 4.78 is 5.77. The van der Waals surface area contributed by atoms with Crippen molar-refractivity contribution >= 4 is 45.6 Å². The highest BCUT2D eigenvalue weighted by Gasteiger charge is 2.45. The number of thioether (sulfide) groups is 1. The second-order valence-electron chi connectivity index (χ2n) is 10.3. The minimum atomic E-state index is -0.539. The second-order valence-corrected chi connectivity index (χ2v) is 12.5. The van der Waals surface area contributed by atoms with E-state index in [0.29, 0.717) is 44.9 Å². The lowest BCUT2D eigenvalue weighted by Gasteiger charge is -2.42. The maximum Gasteiger partial charge on any atom is 0.234 e. The van der Waals surface area contributed by atoms with Gasteiger partial charge in [-0.3, -0.25) is 14.5 Å². The summed E-state index contributed by atoms with van der Waals surface area (Å²) in [4.78, 5) is 27.9. The minimum absolute atomic E-state index is 0.00122. The van der Waals surface area contributed by atoms with Crippen LogP contribution in [-0.4, -0.2) is 34.8 Å². The smallest absolute Gasteiger partial charge is 0.234 e. The van der Waals surface area contributed by atoms with E-state index in [0.717, 1.165) is 11.3 Å². The first-order valence-electron chi connectivity index (χ1n) is 12.6. The van der Waals surface area contributed by atoms with E-state index in [1.165, 1.54) is 23.1 Å². The summed E-state index contributed by atoms with van der Waals surface area (Å²) in [5, 5.41) is 22.1. The van der Waals surface area contributed by atoms with Gasteiger partial charge in [-0.15, -0.1) is 10.2 Å². The Balaban J connectivity index is 1.43. The van der Waals surface area contributed by atoms with Gasteiger partial charge < -0.3 is 15.8 Å². The van der Waals surface area contributed by atoms with Gasteiger partial charge in [-0.05, 0) is 29.5 Å². The number of nitriles is 1. The quantitative estimate of drug-likeness (QED) is 0.366. The fourth-order valence-corrected chi connectivity index (χ4v) is 6.76. The molecule has 204 valence electrons. The van der Waals surface area contributed by atoms with Gasteiger partial charge in [0.1, 0.15) is 11.6 Å². The van der Waals surface area contributed by atoms with Crippen molar-refractivity contribution in [3.05, 3.63) is 82.8 Å². The van der Waals surface area contributed by atoms with Crippen molar-refractivity contribution in [3.8, 4) is 11.8 Å². The van der Waals surface area contributed by atoms with Crippen LogP contribution in [0.2, 0.25) is 0 Å². The van der Waals surface area contributed by atoms with E-state index >= 15 is 0 Å². The number of hydrogen-bond acceptors (Lipinski definition) is 10. The zero-order chi connectivity index (χ0) is 28.4. The zero-order valence-corrected chi connectivity index (χ0v) is 23.9. The fraction of sp³-hybridized carbons (Fsp3) is 0.276. The largest absolute Gasteiger partial charge is 0.497 e. The summed E-state index contributed by atoms with van der Waals surface area (Å²) >= 11 is 2.51. The van der Waals surface area contributed by atoms with Crippen LogP contribution >= 0.6 is 23.1 Å². The van der Waals surface area contributed by atoms with Crippen LogP contribution in [0.15, 0.2) is 81.6 Å². The molecule has 2 aliphatic rings. The molecule has 1 amide bonds. The number of ether oxygens (including phenoxy) is 1. The topological polar surface area (TPSA) is 134 Å². The van der Waals surface area contributed by atoms with E-state index in [1.54, 1.807) is 36.3 Å². The van der Waals surface area contributed by atoms with Crippen molar-refractivity contribution in [2.45, 2.75) is 36.9 Å². The molecule has 1 unspecified atom stereocenters. The Kier molecular flexibility index (Phi) is 7.65. The molecule has 0 radical (unpaired) electrons. The predicted molar refractivity (Wildman–Crippen MR) is 156 cm³/mol. The van der Waals surface area contributed by atoms with Crippen LogP contribution < -0.4 is 20.7 Å². The molecule has 1 aliphatic carbocycles. The number of anilines is 2. The first-order valence-corrected chi connectivity index (χ1v) is 14.4. The second kappa shape index (κ2) is 11.2. The molecule has 11 heteroatoms. The molecular weight excluding hydrogens is 544 g/mol. The van der Waals surface area contributed by atoms with Gasteiger partial charge in [0.05, 0.1) is 30.4 Å². The molecule has 1 atom stereocenters. The highest BCUT2D eigenvalue weighted by atomic mass is 32.2. The average molecular weight is 573 g/mol. The highest BCUT2D eigenvalue weighted by molar-refractivity contribution is 8.01. The van der Waals surface area contributed by atoms with Crippen LogP contribution in [0.1, 0.15) is 38.2 Å². The van der Waals surface area contributed by atoms with Crippen molar-refractivity contribution < 1.29 is 14.3 Å². The lowest BCUT2D eigenvalue weighted by Crippen LogP contribution is -2.42. The standard InChI is InChI=1S/C29H28N6O3S2/c1-29(2)13-21-25(22(36)14-29)24(17-8-5-4-6-9-17)20(15-30)26(31)35(21)27-33-34-28(40-27)39-16-23(37)32-18-10-7-11-19(12-18)38-3/h4-12,24H,13-14,16,31H2,1-3H3,(H,32,37). The van der Waals surface area contributed by atoms with E-state index in [2.05, 4.69) is 21.6 Å². The number of carbonyl (C=O) groups is 2. The Hall–Kier alpha value is -4.14. The van der Waals surface area contributed by atoms with Gasteiger partial charge >= 0.3 is 0 Å². The molecular formula is C29H28N6O3S2. The lowest BCUT2D eigenvalue weighted by molar-refractivity contribution is -0.118. The van der Waals surface area contributed by atoms with Crippen molar-refractivity contribution in [1.82, 2.24) is 10.2 Å². The van der Waals surface area contributed by atoms with Crippen LogP contribution in [0, 0.1) is 16.7 Å². The molecule has 3 N–H and O–H groups in total. The third kappa shape index (κ3) is 5.46. The molecule has 0 bridgehead atoms. The van der Waals surface area contributed by atoms with Crippen molar-refractivity contribution in [3.63, 3.8) is 0 Å². The van der Waals surface area contributed by atoms with Crippen LogP contribution in [0.25, 0.3) is 0 Å². The van der Waals surface area contributed by atoms with Crippen LogP contribution in [0.4, 0.5) is 10.8 Å². The zero-order valence-electron chi connectivity index (χ0n) is 22.3. The highest BCUT2D eigenvalue weighted by Crippen LogP contribution is 2.50. The van der Waals surface area contributed by atoms with E-state index in [1.807, 2.05) is 44.2 Å². The van der Waals surface area contributed by atoms with Crippen molar-refractivity contribution in [2.75, 3.05) is 23.1 Å². The van der Waals surface area contributed by atoms with Crippen LogP contribution in [0.3, 0.4) is 0 Å². The number of nitrogens with one attached hydrogen (secondary N) is 1. The number of benzene rings is 2. The normalized spacial score (nSPS) is 18.3. The molecule has 2 heterocycles. The molecule has 1 aromatic heterocycles. The van der Waals surface area contributed by atoms with Crippen LogP contribution in [-0.2, 0) is 9.59 Å². The van der Waals surface area contributed by atoms with Gasteiger partial charge in [-0.1, -0.05) is 73.3 Å². The Bertz CT molecular complexity index is 1570. The number of amides is 1. The Morgan fingerprint density at radius 3 is 2.73 bits per heavy atom. The molecule has 0 saturated carbocycles. The van der Waals surface area contributed by atoms with Gasteiger partial charge in [0.25, 0.3) is 0 Å². The number of carbonyl (C=O) groups excluding carboxylic acids is 2. The molecule has 9 nitrogen and oxygen atoms in total. The Morgan fingerprint density at radius 1 is 1.23 bits per heavy atom. The minimum Gasteiger partial charge on any atom is -0.497 e. The molecule has 2 aromatic carbocycles. The summed E-state index contributed by atoms with van der Waals surface area (Å²) in [5.74, 6) is 0.270. The first-order chi connectivity index (χ1) is 19.2. The summed E-state index contributed by atoms with van der Waals surface area (Å²) in [6.07, 6.45) is 0.961. The van der Waals surface area contributed by atoms with Crippen molar-refractivity contribution in [2.24, 2.45) is 11.1 Å². The fourth-order valence-electron chi connectivity index (χ4n) is 5.08. The molecule has 1 aliphatic heterocycles. The monoisotopic (exact) mass is 572 g/mol. The number of Topliss-reactive ketones (excluding diaryl/α,β-unsaturated/α-hetero) is 1. The van der Waals surface area contributed by atoms with Gasteiger partial charge in [-0.2, -0.15) is 5.26 Å². The summed E-state index contributed by atoms with van der Waals surface area (Å²) in [5.41, 5.74) is 9.49. The Morgan fingerprint density at radius 2 is 2.00 bits per heavy atom. The van der Waals surface area contributed by atoms with E-state index < -0.39 is 5.92 Å². The van der Waals surface area contributed by atoms with E-state index in [-0.39, 0.29) is 28.7 Å². The van der Waals surface area contributed by atoms with E-state index in [9.17, 15) is 14.9 Å². The molecule has 40 heavy (non-hydrogen) atoms. The average Bonchev–Trinajstić information content (AvgIpc) is 3.39. The predicted octanol–water partition coefficient (Wildman–Crippen LogP) is 5.22. The van der Waals surface area contributed by atoms with Crippen molar-refractivity contribution in [1.29, 1.82) is 5.26 Å². The first kappa shape index (κ1) is 27.4. The number of aromatic nitrogens is 2. The number of nitrogens with zero attached hydrogens (tertiary/aromatic N) is 4. The lowest BCUT2D eigenvalue weighted by atomic mass is 9.69. The number of nitrogens with two attached hydrogens (primary N) is 1. The van der Waals surface area contributed by atoms with Crippen LogP contribution in [0.5, 0.6) is 5.75 Å². The summed E-state index contributed by atoms with van der Waals surface area (Å²) in [7, 11) is 1.57. The third-order valence-electron chi connectivity index (χ3n) is 6.78. The maximum atomic E-state index is 13.6. The number of methoxy groups -OCH3 is 1. The summed E-state index contributed by atoms with van der Waals surface area (Å²) in [6.45, 7) is 4.10. The molecule has 0 saturated heterocycles. The molecule has 0 spiro atoms. The number of allylic oxidation sites excluding steroid dienone is 3.